The summed E-state index contributed by atoms with van der Waals surface area (Å²) in [5.41, 5.74) is 0.706. The van der Waals surface area contributed by atoms with Crippen molar-refractivity contribution in [3.63, 3.8) is 0 Å². The minimum absolute atomic E-state index is 0.119. The van der Waals surface area contributed by atoms with Crippen LogP contribution in [0.2, 0.25) is 0 Å². The van der Waals surface area contributed by atoms with Gasteiger partial charge in [-0.05, 0) is 52.3 Å². The third-order valence-electron chi connectivity index (χ3n) is 2.82. The molecule has 0 fully saturated rings. The summed E-state index contributed by atoms with van der Waals surface area (Å²) in [4.78, 5) is 28.4. The number of rotatable bonds is 7. The van der Waals surface area contributed by atoms with Crippen molar-refractivity contribution >= 4 is 62.6 Å². The Bertz CT molecular complexity index is 695. The molecule has 24 heavy (non-hydrogen) atoms. The van der Waals surface area contributed by atoms with Crippen LogP contribution in [0.1, 0.15) is 6.42 Å². The fourth-order valence-corrected chi connectivity index (χ4v) is 2.83. The summed E-state index contributed by atoms with van der Waals surface area (Å²) in [5.74, 6) is 0.833. The van der Waals surface area contributed by atoms with Gasteiger partial charge in [0.2, 0.25) is 11.8 Å². The van der Waals surface area contributed by atoms with E-state index in [1.165, 1.54) is 11.8 Å². The molecule has 0 radical (unpaired) electrons. The number of aromatic nitrogens is 1. The Hall–Kier alpha value is -1.57. The van der Waals surface area contributed by atoms with Gasteiger partial charge in [0.25, 0.3) is 0 Å². The third kappa shape index (κ3) is 6.51. The summed E-state index contributed by atoms with van der Waals surface area (Å²) >= 11 is 10.2. The van der Waals surface area contributed by atoms with Crippen LogP contribution in [-0.4, -0.2) is 28.4 Å². The number of hydrogen-bond acceptors (Lipinski definition) is 4. The summed E-state index contributed by atoms with van der Waals surface area (Å²) in [6, 6.07) is 10.8. The van der Waals surface area contributed by atoms with Gasteiger partial charge in [0.1, 0.15) is 5.82 Å². The quantitative estimate of drug-likeness (QED) is 0.513. The Morgan fingerprint density at radius 2 is 1.83 bits per heavy atom. The van der Waals surface area contributed by atoms with Crippen LogP contribution in [0.25, 0.3) is 0 Å². The van der Waals surface area contributed by atoms with Crippen LogP contribution in [-0.2, 0) is 9.59 Å². The SMILES string of the molecule is O=C(CCCl)Nc1ccc(SCC(=O)Nc2ccc(Br)cn2)cc1. The van der Waals surface area contributed by atoms with Gasteiger partial charge in [-0.15, -0.1) is 23.4 Å². The molecule has 0 bridgehead atoms. The Morgan fingerprint density at radius 3 is 2.46 bits per heavy atom. The van der Waals surface area contributed by atoms with E-state index in [1.807, 2.05) is 18.2 Å². The average Bonchev–Trinajstić information content (AvgIpc) is 2.56. The van der Waals surface area contributed by atoms with Gasteiger partial charge >= 0.3 is 0 Å². The van der Waals surface area contributed by atoms with Gasteiger partial charge in [-0.25, -0.2) is 4.98 Å². The van der Waals surface area contributed by atoms with E-state index in [-0.39, 0.29) is 24.0 Å². The fourth-order valence-electron chi connectivity index (χ4n) is 1.72. The standard InChI is InChI=1S/C16H15BrClN3O2S/c17-11-1-6-14(19-9-11)21-16(23)10-24-13-4-2-12(3-5-13)20-15(22)7-8-18/h1-6,9H,7-8,10H2,(H,20,22)(H,19,21,23). The summed E-state index contributed by atoms with van der Waals surface area (Å²) in [6.07, 6.45) is 1.91. The number of hydrogen-bond donors (Lipinski definition) is 2. The number of carbonyl (C=O) groups is 2. The summed E-state index contributed by atoms with van der Waals surface area (Å²) in [5, 5.41) is 5.48. The molecule has 126 valence electrons. The van der Waals surface area contributed by atoms with Gasteiger partial charge in [0, 0.05) is 33.6 Å². The molecule has 5 nitrogen and oxygen atoms in total. The highest BCUT2D eigenvalue weighted by Crippen LogP contribution is 2.21. The van der Waals surface area contributed by atoms with Gasteiger partial charge in [0.05, 0.1) is 5.75 Å². The van der Waals surface area contributed by atoms with Crippen LogP contribution in [0.4, 0.5) is 11.5 Å². The van der Waals surface area contributed by atoms with Crippen molar-refractivity contribution in [1.82, 2.24) is 4.98 Å². The molecule has 0 aliphatic heterocycles. The molecule has 0 saturated heterocycles. The molecule has 0 saturated carbocycles. The molecule has 1 aromatic carbocycles. The zero-order chi connectivity index (χ0) is 17.4. The average molecular weight is 429 g/mol. The highest BCUT2D eigenvalue weighted by Gasteiger charge is 2.06. The molecule has 0 aliphatic rings. The number of alkyl halides is 1. The lowest BCUT2D eigenvalue weighted by Gasteiger charge is -2.06. The molecule has 1 heterocycles. The van der Waals surface area contributed by atoms with E-state index in [0.717, 1.165) is 9.37 Å². The van der Waals surface area contributed by atoms with E-state index in [1.54, 1.807) is 24.4 Å². The lowest BCUT2D eigenvalue weighted by molar-refractivity contribution is -0.116. The number of thioether (sulfide) groups is 1. The normalized spacial score (nSPS) is 10.2. The first-order valence-corrected chi connectivity index (χ1v) is 9.38. The van der Waals surface area contributed by atoms with Crippen LogP contribution >= 0.6 is 39.3 Å². The summed E-state index contributed by atoms with van der Waals surface area (Å²) < 4.78 is 0.855. The van der Waals surface area contributed by atoms with Gasteiger partial charge in [-0.2, -0.15) is 0 Å². The largest absolute Gasteiger partial charge is 0.326 e. The van der Waals surface area contributed by atoms with Gasteiger partial charge < -0.3 is 10.6 Å². The van der Waals surface area contributed by atoms with Crippen LogP contribution in [0.5, 0.6) is 0 Å². The second-order valence-electron chi connectivity index (χ2n) is 4.71. The first-order chi connectivity index (χ1) is 11.6. The van der Waals surface area contributed by atoms with Crippen molar-refractivity contribution in [3.8, 4) is 0 Å². The van der Waals surface area contributed by atoms with E-state index in [9.17, 15) is 9.59 Å². The van der Waals surface area contributed by atoms with Crippen molar-refractivity contribution in [2.24, 2.45) is 0 Å². The maximum Gasteiger partial charge on any atom is 0.235 e. The Balaban J connectivity index is 1.80. The highest BCUT2D eigenvalue weighted by atomic mass is 79.9. The zero-order valence-corrected chi connectivity index (χ0v) is 15.7. The van der Waals surface area contributed by atoms with Gasteiger partial charge in [-0.3, -0.25) is 9.59 Å². The lowest BCUT2D eigenvalue weighted by Crippen LogP contribution is -2.14. The molecule has 1 aromatic heterocycles. The molecule has 2 rings (SSSR count). The van der Waals surface area contributed by atoms with E-state index in [0.29, 0.717) is 17.4 Å². The zero-order valence-electron chi connectivity index (χ0n) is 12.6. The van der Waals surface area contributed by atoms with Crippen LogP contribution in [0, 0.1) is 0 Å². The molecule has 2 N–H and O–H groups in total. The molecular formula is C16H15BrClN3O2S. The van der Waals surface area contributed by atoms with Crippen molar-refractivity contribution in [2.45, 2.75) is 11.3 Å². The predicted molar refractivity (Wildman–Crippen MR) is 102 cm³/mol. The van der Waals surface area contributed by atoms with E-state index in [2.05, 4.69) is 31.5 Å². The highest BCUT2D eigenvalue weighted by molar-refractivity contribution is 9.10. The lowest BCUT2D eigenvalue weighted by atomic mass is 10.3. The molecule has 0 aliphatic carbocycles. The molecule has 0 atom stereocenters. The van der Waals surface area contributed by atoms with Crippen molar-refractivity contribution in [3.05, 3.63) is 47.1 Å². The number of nitrogens with one attached hydrogen (secondary N) is 2. The second-order valence-corrected chi connectivity index (χ2v) is 7.05. The monoisotopic (exact) mass is 427 g/mol. The van der Waals surface area contributed by atoms with Gasteiger partial charge in [0.15, 0.2) is 0 Å². The second kappa shape index (κ2) is 9.66. The van der Waals surface area contributed by atoms with Crippen molar-refractivity contribution in [2.75, 3.05) is 22.3 Å². The fraction of sp³-hybridized carbons (Fsp3) is 0.188. The molecule has 2 aromatic rings. The topological polar surface area (TPSA) is 71.1 Å². The number of anilines is 2. The number of amides is 2. The Kier molecular flexibility index (Phi) is 7.55. The van der Waals surface area contributed by atoms with Crippen LogP contribution in [0.3, 0.4) is 0 Å². The maximum atomic E-state index is 11.9. The van der Waals surface area contributed by atoms with E-state index in [4.69, 9.17) is 11.6 Å². The number of nitrogens with zero attached hydrogens (tertiary/aromatic N) is 1. The third-order valence-corrected chi connectivity index (χ3v) is 4.49. The van der Waals surface area contributed by atoms with E-state index < -0.39 is 0 Å². The minimum atomic E-state index is -0.130. The van der Waals surface area contributed by atoms with Crippen LogP contribution < -0.4 is 10.6 Å². The van der Waals surface area contributed by atoms with Crippen molar-refractivity contribution < 1.29 is 9.59 Å². The summed E-state index contributed by atoms with van der Waals surface area (Å²) in [7, 11) is 0. The van der Waals surface area contributed by atoms with Crippen molar-refractivity contribution in [1.29, 1.82) is 0 Å². The van der Waals surface area contributed by atoms with E-state index >= 15 is 0 Å². The molecule has 2 amide bonds. The number of pyridine rings is 1. The van der Waals surface area contributed by atoms with Crippen LogP contribution in [0.15, 0.2) is 52.0 Å². The summed E-state index contributed by atoms with van der Waals surface area (Å²) in [6.45, 7) is 0. The number of carbonyl (C=O) groups excluding carboxylic acids is 2. The number of halogens is 2. The first kappa shape index (κ1) is 18.8. The molecular weight excluding hydrogens is 414 g/mol. The smallest absolute Gasteiger partial charge is 0.235 e. The number of benzene rings is 1. The molecule has 8 heteroatoms. The minimum Gasteiger partial charge on any atom is -0.326 e. The predicted octanol–water partition coefficient (Wildman–Crippen LogP) is 4.14. The maximum absolute atomic E-state index is 11.9. The molecule has 0 unspecified atom stereocenters. The van der Waals surface area contributed by atoms with Gasteiger partial charge in [-0.1, -0.05) is 0 Å². The Labute approximate surface area is 157 Å². The molecule has 0 spiro atoms. The first-order valence-electron chi connectivity index (χ1n) is 7.07. The Morgan fingerprint density at radius 1 is 1.08 bits per heavy atom.